The smallest absolute Gasteiger partial charge is 0.163 e. The van der Waals surface area contributed by atoms with Gasteiger partial charge in [0.1, 0.15) is 0 Å². The molecule has 3 heteroatoms. The first kappa shape index (κ1) is 8.46. The van der Waals surface area contributed by atoms with Gasteiger partial charge in [-0.25, -0.2) is 0 Å². The van der Waals surface area contributed by atoms with E-state index in [-0.39, 0.29) is 5.78 Å². The largest absolute Gasteiger partial charge is 0.294 e. The van der Waals surface area contributed by atoms with Crippen molar-refractivity contribution in [2.24, 2.45) is 0 Å². The molecule has 0 atom stereocenters. The lowest BCUT2D eigenvalue weighted by Gasteiger charge is -2.00. The van der Waals surface area contributed by atoms with Crippen LogP contribution in [0.25, 0.3) is 0 Å². The number of carbonyl (C=O) groups is 1. The fourth-order valence-electron chi connectivity index (χ4n) is 1.58. The second kappa shape index (κ2) is 2.97. The molecule has 0 heterocycles. The molecule has 64 valence electrons. The lowest BCUT2D eigenvalue weighted by Crippen LogP contribution is -1.92. The van der Waals surface area contributed by atoms with Crippen molar-refractivity contribution in [1.29, 1.82) is 5.26 Å². The van der Waals surface area contributed by atoms with Crippen molar-refractivity contribution in [2.75, 3.05) is 0 Å². The van der Waals surface area contributed by atoms with Crippen LogP contribution >= 0.6 is 15.9 Å². The zero-order valence-electron chi connectivity index (χ0n) is 6.80. The van der Waals surface area contributed by atoms with Crippen LogP contribution in [0.1, 0.15) is 27.9 Å². The van der Waals surface area contributed by atoms with E-state index in [0.717, 1.165) is 16.5 Å². The predicted octanol–water partition coefficient (Wildman–Crippen LogP) is 2.45. The Hall–Kier alpha value is -1.14. The molecule has 0 saturated carbocycles. The summed E-state index contributed by atoms with van der Waals surface area (Å²) in [6.45, 7) is 0. The van der Waals surface area contributed by atoms with E-state index in [2.05, 4.69) is 15.9 Å². The van der Waals surface area contributed by atoms with E-state index >= 15 is 0 Å². The van der Waals surface area contributed by atoms with Crippen LogP contribution in [0.3, 0.4) is 0 Å². The first-order chi connectivity index (χ1) is 6.22. The summed E-state index contributed by atoms with van der Waals surface area (Å²) >= 11 is 3.36. The molecule has 1 aromatic rings. The van der Waals surface area contributed by atoms with E-state index in [4.69, 9.17) is 5.26 Å². The number of Topliss-reactive ketones (excluding diaryl/α,β-unsaturated/α-hetero) is 1. The lowest BCUT2D eigenvalue weighted by molar-refractivity contribution is 0.0994. The molecular weight excluding hydrogens is 230 g/mol. The van der Waals surface area contributed by atoms with Crippen molar-refractivity contribution in [3.05, 3.63) is 33.3 Å². The maximum Gasteiger partial charge on any atom is 0.163 e. The molecule has 1 aliphatic carbocycles. The molecule has 0 aromatic heterocycles. The van der Waals surface area contributed by atoms with E-state index < -0.39 is 0 Å². The number of carbonyl (C=O) groups excluding carboxylic acids is 1. The molecule has 2 rings (SSSR count). The molecule has 0 fully saturated rings. The highest BCUT2D eigenvalue weighted by Crippen LogP contribution is 2.30. The molecule has 13 heavy (non-hydrogen) atoms. The van der Waals surface area contributed by atoms with Gasteiger partial charge in [-0.1, -0.05) is 15.9 Å². The Labute approximate surface area is 84.3 Å². The van der Waals surface area contributed by atoms with E-state index in [1.54, 1.807) is 12.1 Å². The van der Waals surface area contributed by atoms with Gasteiger partial charge in [-0.3, -0.25) is 4.79 Å². The third kappa shape index (κ3) is 1.27. The zero-order valence-corrected chi connectivity index (χ0v) is 8.39. The summed E-state index contributed by atoms with van der Waals surface area (Å²) in [4.78, 5) is 11.4. The minimum atomic E-state index is 0.146. The molecule has 0 aliphatic heterocycles. The average molecular weight is 236 g/mol. The minimum absolute atomic E-state index is 0.146. The van der Waals surface area contributed by atoms with E-state index in [0.29, 0.717) is 17.5 Å². The maximum absolute atomic E-state index is 11.4. The number of rotatable bonds is 0. The van der Waals surface area contributed by atoms with Crippen LogP contribution < -0.4 is 0 Å². The third-order valence-electron chi connectivity index (χ3n) is 2.23. The predicted molar refractivity (Wildman–Crippen MR) is 51.5 cm³/mol. The molecular formula is C10H6BrNO. The number of hydrogen-bond donors (Lipinski definition) is 0. The number of halogens is 1. The van der Waals surface area contributed by atoms with Gasteiger partial charge in [0.05, 0.1) is 11.6 Å². The van der Waals surface area contributed by atoms with Crippen molar-refractivity contribution in [3.8, 4) is 6.07 Å². The van der Waals surface area contributed by atoms with Gasteiger partial charge in [-0.05, 0) is 24.1 Å². The normalized spacial score (nSPS) is 14.0. The number of fused-ring (bicyclic) bond motifs is 1. The van der Waals surface area contributed by atoms with Crippen LogP contribution in [-0.4, -0.2) is 5.78 Å². The van der Waals surface area contributed by atoms with Gasteiger partial charge >= 0.3 is 0 Å². The van der Waals surface area contributed by atoms with Gasteiger partial charge in [-0.2, -0.15) is 5.26 Å². The summed E-state index contributed by atoms with van der Waals surface area (Å²) in [5.41, 5.74) is 2.30. The molecule has 0 radical (unpaired) electrons. The molecule has 0 saturated heterocycles. The molecule has 1 aromatic carbocycles. The number of hydrogen-bond acceptors (Lipinski definition) is 2. The molecule has 1 aliphatic rings. The zero-order chi connectivity index (χ0) is 9.42. The fraction of sp³-hybridized carbons (Fsp3) is 0.200. The third-order valence-corrected chi connectivity index (χ3v) is 2.93. The van der Waals surface area contributed by atoms with E-state index in [9.17, 15) is 4.79 Å². The standard InChI is InChI=1S/C10H6BrNO/c11-9-4-6(5-12)3-8-7(9)1-2-10(8)13/h3-4H,1-2H2. The highest BCUT2D eigenvalue weighted by atomic mass is 79.9. The number of ketones is 1. The van der Waals surface area contributed by atoms with Crippen molar-refractivity contribution in [1.82, 2.24) is 0 Å². The first-order valence-corrected chi connectivity index (χ1v) is 4.77. The van der Waals surface area contributed by atoms with Crippen LogP contribution in [0.5, 0.6) is 0 Å². The Kier molecular flexibility index (Phi) is 1.93. The van der Waals surface area contributed by atoms with Gasteiger partial charge in [0.2, 0.25) is 0 Å². The number of benzene rings is 1. The number of nitrogens with zero attached hydrogens (tertiary/aromatic N) is 1. The highest BCUT2D eigenvalue weighted by molar-refractivity contribution is 9.10. The first-order valence-electron chi connectivity index (χ1n) is 3.98. The second-order valence-corrected chi connectivity index (χ2v) is 3.87. The number of nitriles is 1. The van der Waals surface area contributed by atoms with Gasteiger partial charge in [0.25, 0.3) is 0 Å². The Balaban J connectivity index is 2.68. The summed E-state index contributed by atoms with van der Waals surface area (Å²) < 4.78 is 0.882. The average Bonchev–Trinajstić information content (AvgIpc) is 2.48. The van der Waals surface area contributed by atoms with Crippen LogP contribution in [-0.2, 0) is 6.42 Å². The van der Waals surface area contributed by atoms with Crippen LogP contribution in [0.4, 0.5) is 0 Å². The highest BCUT2D eigenvalue weighted by Gasteiger charge is 2.22. The van der Waals surface area contributed by atoms with E-state index in [1.165, 1.54) is 0 Å². The Morgan fingerprint density at radius 2 is 2.15 bits per heavy atom. The summed E-state index contributed by atoms with van der Waals surface area (Å²) in [6, 6.07) is 5.47. The summed E-state index contributed by atoms with van der Waals surface area (Å²) in [5.74, 6) is 0.146. The summed E-state index contributed by atoms with van der Waals surface area (Å²) in [7, 11) is 0. The van der Waals surface area contributed by atoms with Crippen LogP contribution in [0, 0.1) is 11.3 Å². The molecule has 0 spiro atoms. The van der Waals surface area contributed by atoms with Crippen LogP contribution in [0.15, 0.2) is 16.6 Å². The molecule has 2 nitrogen and oxygen atoms in total. The molecule has 0 unspecified atom stereocenters. The van der Waals surface area contributed by atoms with E-state index in [1.807, 2.05) is 6.07 Å². The molecule has 0 N–H and O–H groups in total. The summed E-state index contributed by atoms with van der Waals surface area (Å²) in [6.07, 6.45) is 1.36. The Morgan fingerprint density at radius 1 is 1.38 bits per heavy atom. The minimum Gasteiger partial charge on any atom is -0.294 e. The lowest BCUT2D eigenvalue weighted by atomic mass is 10.1. The van der Waals surface area contributed by atoms with Gasteiger partial charge in [-0.15, -0.1) is 0 Å². The summed E-state index contributed by atoms with van der Waals surface area (Å²) in [5, 5.41) is 8.70. The van der Waals surface area contributed by atoms with Gasteiger partial charge < -0.3 is 0 Å². The van der Waals surface area contributed by atoms with Crippen LogP contribution in [0.2, 0.25) is 0 Å². The monoisotopic (exact) mass is 235 g/mol. The van der Waals surface area contributed by atoms with Gasteiger partial charge in [0.15, 0.2) is 5.78 Å². The van der Waals surface area contributed by atoms with Crippen molar-refractivity contribution in [3.63, 3.8) is 0 Å². The Morgan fingerprint density at radius 3 is 2.85 bits per heavy atom. The van der Waals surface area contributed by atoms with Crippen molar-refractivity contribution >= 4 is 21.7 Å². The molecule has 0 amide bonds. The Bertz CT molecular complexity index is 431. The van der Waals surface area contributed by atoms with Crippen molar-refractivity contribution < 1.29 is 4.79 Å². The maximum atomic E-state index is 11.4. The SMILES string of the molecule is N#Cc1cc(Br)c2c(c1)C(=O)CC2. The molecule has 0 bridgehead atoms. The van der Waals surface area contributed by atoms with Crippen molar-refractivity contribution in [2.45, 2.75) is 12.8 Å². The second-order valence-electron chi connectivity index (χ2n) is 3.02. The van der Waals surface area contributed by atoms with Gasteiger partial charge in [0, 0.05) is 16.5 Å². The quantitative estimate of drug-likeness (QED) is 0.694. The fourth-order valence-corrected chi connectivity index (χ4v) is 2.24. The topological polar surface area (TPSA) is 40.9 Å².